The molecule has 0 radical (unpaired) electrons. The summed E-state index contributed by atoms with van der Waals surface area (Å²) in [5, 5.41) is 1.47. The van der Waals surface area contributed by atoms with Crippen LogP contribution in [0.25, 0.3) is 0 Å². The molecule has 0 unspecified atom stereocenters. The Labute approximate surface area is 65.1 Å². The maximum absolute atomic E-state index is 4.95. The van der Waals surface area contributed by atoms with Crippen LogP contribution in [0.2, 0.25) is 0 Å². The van der Waals surface area contributed by atoms with E-state index in [1.807, 2.05) is 30.3 Å². The van der Waals surface area contributed by atoms with E-state index in [0.717, 1.165) is 0 Å². The second kappa shape index (κ2) is 3.00. The van der Waals surface area contributed by atoms with E-state index >= 15 is 0 Å². The van der Waals surface area contributed by atoms with E-state index in [2.05, 4.69) is 0 Å². The topological polar surface area (TPSA) is 21.7 Å². The van der Waals surface area contributed by atoms with Crippen molar-refractivity contribution < 1.29 is 9.68 Å². The Bertz CT molecular complexity index is 221. The maximum atomic E-state index is 4.95. The fraction of sp³-hybridized carbons (Fsp3) is 0.250. The van der Waals surface area contributed by atoms with Gasteiger partial charge < -0.3 is 0 Å². The summed E-state index contributed by atoms with van der Waals surface area (Å²) < 4.78 is 0. The van der Waals surface area contributed by atoms with Crippen molar-refractivity contribution in [3.05, 3.63) is 35.9 Å². The molecule has 0 amide bonds. The minimum Gasteiger partial charge on any atom is -0.243 e. The van der Waals surface area contributed by atoms with Crippen LogP contribution in [0.3, 0.4) is 0 Å². The van der Waals surface area contributed by atoms with E-state index in [4.69, 9.17) is 9.68 Å². The van der Waals surface area contributed by atoms with Crippen LogP contribution in [0, 0.1) is 0 Å². The molecule has 2 rings (SSSR count). The van der Waals surface area contributed by atoms with E-state index in [1.54, 1.807) is 0 Å². The van der Waals surface area contributed by atoms with Crippen LogP contribution in [0.5, 0.6) is 0 Å². The number of hydroxylamine groups is 2. The van der Waals surface area contributed by atoms with Gasteiger partial charge in [0.1, 0.15) is 0 Å². The molecule has 0 N–H and O–H groups in total. The van der Waals surface area contributed by atoms with Gasteiger partial charge in [-0.05, 0) is 5.56 Å². The number of benzene rings is 1. The van der Waals surface area contributed by atoms with Crippen LogP contribution < -0.4 is 0 Å². The quantitative estimate of drug-likeness (QED) is 0.636. The summed E-state index contributed by atoms with van der Waals surface area (Å²) >= 11 is 0. The molecule has 1 aliphatic heterocycles. The molecule has 0 atom stereocenters. The molecular weight excluding hydrogens is 142 g/mol. The lowest BCUT2D eigenvalue weighted by Gasteiger charge is -2.28. The van der Waals surface area contributed by atoms with Crippen molar-refractivity contribution in [1.29, 1.82) is 0 Å². The third kappa shape index (κ3) is 1.57. The number of nitrogens with zero attached hydrogens (tertiary/aromatic N) is 1. The third-order valence-corrected chi connectivity index (χ3v) is 1.55. The summed E-state index contributed by atoms with van der Waals surface area (Å²) in [5.41, 5.74) is 1.19. The van der Waals surface area contributed by atoms with Gasteiger partial charge in [-0.3, -0.25) is 0 Å². The molecule has 0 saturated carbocycles. The molecule has 1 fully saturated rings. The van der Waals surface area contributed by atoms with Crippen molar-refractivity contribution >= 4 is 0 Å². The monoisotopic (exact) mass is 151 g/mol. The second-order valence-corrected chi connectivity index (χ2v) is 2.35. The predicted molar refractivity (Wildman–Crippen MR) is 39.0 cm³/mol. The van der Waals surface area contributed by atoms with Crippen LogP contribution in [0.4, 0.5) is 0 Å². The first-order valence-electron chi connectivity index (χ1n) is 3.52. The minimum atomic E-state index is 0.382. The SMILES string of the molecule is c1ccc(CN2OCO2)cc1. The minimum absolute atomic E-state index is 0.382. The standard InChI is InChI=1S/C8H9NO2/c1-2-4-8(5-3-1)6-9-10-7-11-9/h1-5H,6-7H2. The second-order valence-electron chi connectivity index (χ2n) is 2.35. The van der Waals surface area contributed by atoms with Crippen molar-refractivity contribution in [2.75, 3.05) is 6.79 Å². The Morgan fingerprint density at radius 3 is 2.45 bits per heavy atom. The van der Waals surface area contributed by atoms with Gasteiger partial charge in [0.15, 0.2) is 6.79 Å². The highest BCUT2D eigenvalue weighted by Crippen LogP contribution is 2.10. The Morgan fingerprint density at radius 2 is 1.91 bits per heavy atom. The highest BCUT2D eigenvalue weighted by molar-refractivity contribution is 5.13. The van der Waals surface area contributed by atoms with Crippen LogP contribution in [-0.4, -0.2) is 12.0 Å². The van der Waals surface area contributed by atoms with Gasteiger partial charge in [0.05, 0.1) is 6.54 Å². The molecular formula is C8H9NO2. The van der Waals surface area contributed by atoms with E-state index in [-0.39, 0.29) is 0 Å². The summed E-state index contributed by atoms with van der Waals surface area (Å²) in [6.45, 7) is 1.08. The van der Waals surface area contributed by atoms with Gasteiger partial charge in [0.2, 0.25) is 0 Å². The lowest BCUT2D eigenvalue weighted by atomic mass is 10.2. The molecule has 11 heavy (non-hydrogen) atoms. The molecule has 0 aromatic heterocycles. The average molecular weight is 151 g/mol. The van der Waals surface area contributed by atoms with Crippen molar-refractivity contribution in [3.8, 4) is 0 Å². The van der Waals surface area contributed by atoms with Gasteiger partial charge in [-0.25, -0.2) is 9.68 Å². The third-order valence-electron chi connectivity index (χ3n) is 1.55. The van der Waals surface area contributed by atoms with Gasteiger partial charge in [-0.15, -0.1) is 0 Å². The smallest absolute Gasteiger partial charge is 0.192 e. The van der Waals surface area contributed by atoms with Crippen LogP contribution in [0.1, 0.15) is 5.56 Å². The number of hydrogen-bond acceptors (Lipinski definition) is 3. The Kier molecular flexibility index (Phi) is 1.85. The lowest BCUT2D eigenvalue weighted by molar-refractivity contribution is -0.524. The molecule has 3 heteroatoms. The summed E-state index contributed by atoms with van der Waals surface area (Å²) in [4.78, 5) is 9.89. The zero-order chi connectivity index (χ0) is 7.52. The van der Waals surface area contributed by atoms with Gasteiger partial charge in [0, 0.05) is 0 Å². The molecule has 3 nitrogen and oxygen atoms in total. The fourth-order valence-corrected chi connectivity index (χ4v) is 0.951. The molecule has 58 valence electrons. The zero-order valence-electron chi connectivity index (χ0n) is 6.06. The van der Waals surface area contributed by atoms with E-state index in [9.17, 15) is 0 Å². The van der Waals surface area contributed by atoms with Gasteiger partial charge >= 0.3 is 0 Å². The first-order chi connectivity index (χ1) is 5.45. The summed E-state index contributed by atoms with van der Waals surface area (Å²) in [7, 11) is 0. The Morgan fingerprint density at radius 1 is 1.18 bits per heavy atom. The number of rotatable bonds is 2. The highest BCUT2D eigenvalue weighted by Gasteiger charge is 2.15. The molecule has 1 saturated heterocycles. The number of hydrogen-bond donors (Lipinski definition) is 0. The normalized spacial score (nSPS) is 17.8. The summed E-state index contributed by atoms with van der Waals surface area (Å²) in [5.74, 6) is 0. The largest absolute Gasteiger partial charge is 0.243 e. The van der Waals surface area contributed by atoms with Crippen molar-refractivity contribution in [2.45, 2.75) is 6.54 Å². The van der Waals surface area contributed by atoms with Crippen molar-refractivity contribution in [3.63, 3.8) is 0 Å². The first-order valence-corrected chi connectivity index (χ1v) is 3.52. The molecule has 0 aliphatic carbocycles. The average Bonchev–Trinajstić information content (AvgIpc) is 1.99. The summed E-state index contributed by atoms with van der Waals surface area (Å²) in [6, 6.07) is 10.0. The van der Waals surface area contributed by atoms with Crippen molar-refractivity contribution in [2.24, 2.45) is 0 Å². The van der Waals surface area contributed by atoms with Gasteiger partial charge in [0.25, 0.3) is 0 Å². The highest BCUT2D eigenvalue weighted by atomic mass is 17.1. The molecule has 1 aromatic carbocycles. The first kappa shape index (κ1) is 6.79. The molecule has 1 aromatic rings. The predicted octanol–water partition coefficient (Wildman–Crippen LogP) is 1.32. The van der Waals surface area contributed by atoms with E-state index in [0.29, 0.717) is 13.3 Å². The van der Waals surface area contributed by atoms with Crippen LogP contribution in [-0.2, 0) is 16.2 Å². The van der Waals surface area contributed by atoms with Gasteiger partial charge in [-0.2, -0.15) is 0 Å². The molecule has 1 aliphatic rings. The van der Waals surface area contributed by atoms with Crippen LogP contribution >= 0.6 is 0 Å². The molecule has 1 heterocycles. The Balaban J connectivity index is 1.95. The maximum Gasteiger partial charge on any atom is 0.192 e. The van der Waals surface area contributed by atoms with Crippen LogP contribution in [0.15, 0.2) is 30.3 Å². The Hall–Kier alpha value is -0.900. The van der Waals surface area contributed by atoms with E-state index < -0.39 is 0 Å². The lowest BCUT2D eigenvalue weighted by Crippen LogP contribution is -2.35. The molecule has 0 spiro atoms. The zero-order valence-corrected chi connectivity index (χ0v) is 6.06. The van der Waals surface area contributed by atoms with Gasteiger partial charge in [-0.1, -0.05) is 35.6 Å². The molecule has 0 bridgehead atoms. The van der Waals surface area contributed by atoms with E-state index in [1.165, 1.54) is 10.8 Å². The summed E-state index contributed by atoms with van der Waals surface area (Å²) in [6.07, 6.45) is 0. The van der Waals surface area contributed by atoms with Crippen molar-refractivity contribution in [1.82, 2.24) is 5.23 Å². The fourth-order valence-electron chi connectivity index (χ4n) is 0.951.